The third-order valence-corrected chi connectivity index (χ3v) is 5.01. The summed E-state index contributed by atoms with van der Waals surface area (Å²) in [5.41, 5.74) is 17.5. The van der Waals surface area contributed by atoms with Crippen molar-refractivity contribution >= 4 is 17.2 Å². The molecule has 0 spiro atoms. The molecular weight excluding hydrogens is 352 g/mol. The summed E-state index contributed by atoms with van der Waals surface area (Å²) in [6.07, 6.45) is 3.67. The number of nitrogens with zero attached hydrogens (tertiary/aromatic N) is 2. The summed E-state index contributed by atoms with van der Waals surface area (Å²) in [6, 6.07) is 13.1. The molecule has 0 aliphatic rings. The van der Waals surface area contributed by atoms with Crippen LogP contribution in [0.1, 0.15) is 21.5 Å². The number of rotatable bonds is 3. The van der Waals surface area contributed by atoms with Gasteiger partial charge in [-0.05, 0) is 36.6 Å². The number of carbonyl (C=O) groups is 1. The van der Waals surface area contributed by atoms with Crippen LogP contribution in [0.15, 0.2) is 54.9 Å². The van der Waals surface area contributed by atoms with Gasteiger partial charge in [0.05, 0.1) is 11.4 Å². The molecule has 2 aromatic heterocycles. The third-order valence-electron chi connectivity index (χ3n) is 5.01. The first-order chi connectivity index (χ1) is 13.4. The fourth-order valence-corrected chi connectivity index (χ4v) is 3.58. The molecule has 0 fully saturated rings. The first-order valence-electron chi connectivity index (χ1n) is 8.84. The zero-order valence-corrected chi connectivity index (χ0v) is 15.6. The average Bonchev–Trinajstić information content (AvgIpc) is 3.09. The van der Waals surface area contributed by atoms with Crippen molar-refractivity contribution in [3.05, 3.63) is 71.5 Å². The molecular formula is C22H20N4O2. The number of hydrogen-bond donors (Lipinski definition) is 3. The van der Waals surface area contributed by atoms with E-state index in [4.69, 9.17) is 11.5 Å². The van der Waals surface area contributed by atoms with Crippen LogP contribution in [0.2, 0.25) is 0 Å². The summed E-state index contributed by atoms with van der Waals surface area (Å²) in [6.45, 7) is 3.74. The van der Waals surface area contributed by atoms with Gasteiger partial charge >= 0.3 is 0 Å². The van der Waals surface area contributed by atoms with Crippen molar-refractivity contribution in [1.82, 2.24) is 9.38 Å². The van der Waals surface area contributed by atoms with Crippen molar-refractivity contribution in [2.45, 2.75) is 13.8 Å². The minimum Gasteiger partial charge on any atom is -0.508 e. The maximum absolute atomic E-state index is 12.2. The monoisotopic (exact) mass is 372 g/mol. The van der Waals surface area contributed by atoms with Gasteiger partial charge in [0.25, 0.3) is 5.91 Å². The highest BCUT2D eigenvalue weighted by Gasteiger charge is 2.22. The molecule has 0 unspecified atom stereocenters. The number of aryl methyl sites for hydroxylation is 1. The summed E-state index contributed by atoms with van der Waals surface area (Å²) in [4.78, 5) is 16.8. The fraction of sp³-hybridized carbons (Fsp3) is 0.0909. The van der Waals surface area contributed by atoms with Crippen LogP contribution in [0.5, 0.6) is 5.75 Å². The molecule has 0 aliphatic heterocycles. The number of anilines is 1. The molecule has 0 atom stereocenters. The molecule has 0 bridgehead atoms. The van der Waals surface area contributed by atoms with Crippen LogP contribution in [0.3, 0.4) is 0 Å². The number of aromatic nitrogens is 2. The normalized spacial score (nSPS) is 11.1. The van der Waals surface area contributed by atoms with Crippen LogP contribution in [0.4, 0.5) is 5.69 Å². The van der Waals surface area contributed by atoms with Crippen LogP contribution in [0, 0.1) is 13.8 Å². The number of hydrogen-bond acceptors (Lipinski definition) is 4. The second-order valence-electron chi connectivity index (χ2n) is 6.82. The number of carbonyl (C=O) groups excluding carboxylic acids is 1. The number of pyridine rings is 1. The smallest absolute Gasteiger partial charge is 0.254 e. The van der Waals surface area contributed by atoms with Gasteiger partial charge in [0, 0.05) is 23.5 Å². The Morgan fingerprint density at radius 1 is 1.07 bits per heavy atom. The Morgan fingerprint density at radius 3 is 2.46 bits per heavy atom. The minimum atomic E-state index is -0.648. The third kappa shape index (κ3) is 2.66. The molecule has 4 aromatic rings. The van der Waals surface area contributed by atoms with Crippen LogP contribution in [0.25, 0.3) is 28.0 Å². The predicted molar refractivity (Wildman–Crippen MR) is 110 cm³/mol. The van der Waals surface area contributed by atoms with E-state index in [0.29, 0.717) is 22.5 Å². The van der Waals surface area contributed by atoms with E-state index >= 15 is 0 Å². The van der Waals surface area contributed by atoms with Gasteiger partial charge in [0.15, 0.2) is 5.65 Å². The molecule has 2 aromatic carbocycles. The average molecular weight is 372 g/mol. The summed E-state index contributed by atoms with van der Waals surface area (Å²) in [5.74, 6) is -0.485. The van der Waals surface area contributed by atoms with Crippen molar-refractivity contribution in [1.29, 1.82) is 0 Å². The molecule has 1 amide bonds. The Bertz CT molecular complexity index is 1230. The highest BCUT2D eigenvalue weighted by molar-refractivity contribution is 6.07. The van der Waals surface area contributed by atoms with Crippen LogP contribution >= 0.6 is 0 Å². The molecule has 0 saturated carbocycles. The van der Waals surface area contributed by atoms with Crippen molar-refractivity contribution in [2.24, 2.45) is 5.73 Å². The largest absolute Gasteiger partial charge is 0.508 e. The quantitative estimate of drug-likeness (QED) is 0.510. The lowest BCUT2D eigenvalue weighted by molar-refractivity contribution is 0.100. The first-order valence-corrected chi connectivity index (χ1v) is 8.84. The van der Waals surface area contributed by atoms with Crippen LogP contribution in [-0.2, 0) is 0 Å². The molecule has 4 rings (SSSR count). The number of fused-ring (bicyclic) bond motifs is 1. The van der Waals surface area contributed by atoms with Crippen molar-refractivity contribution in [2.75, 3.05) is 5.73 Å². The number of primary amides is 1. The SMILES string of the molecule is Cc1ccc(O)c(C)c1-c1cn2cc(-c3ccccc3)nc2c(C(N)=O)c1N. The molecule has 6 nitrogen and oxygen atoms in total. The number of amides is 1. The Balaban J connectivity index is 2.06. The maximum Gasteiger partial charge on any atom is 0.254 e. The van der Waals surface area contributed by atoms with Gasteiger partial charge in [-0.15, -0.1) is 0 Å². The van der Waals surface area contributed by atoms with E-state index < -0.39 is 5.91 Å². The van der Waals surface area contributed by atoms with Crippen LogP contribution in [-0.4, -0.2) is 20.4 Å². The fourth-order valence-electron chi connectivity index (χ4n) is 3.58. The van der Waals surface area contributed by atoms with E-state index in [-0.39, 0.29) is 17.0 Å². The molecule has 6 heteroatoms. The Morgan fingerprint density at radius 2 is 1.79 bits per heavy atom. The van der Waals surface area contributed by atoms with E-state index in [1.54, 1.807) is 10.5 Å². The van der Waals surface area contributed by atoms with E-state index in [1.165, 1.54) is 0 Å². The van der Waals surface area contributed by atoms with Gasteiger partial charge in [-0.2, -0.15) is 0 Å². The summed E-state index contributed by atoms with van der Waals surface area (Å²) in [5, 5.41) is 10.2. The van der Waals surface area contributed by atoms with E-state index in [9.17, 15) is 9.90 Å². The lowest BCUT2D eigenvalue weighted by atomic mass is 9.93. The van der Waals surface area contributed by atoms with E-state index in [0.717, 1.165) is 16.7 Å². The van der Waals surface area contributed by atoms with Crippen molar-refractivity contribution in [3.63, 3.8) is 0 Å². The van der Waals surface area contributed by atoms with Gasteiger partial charge in [0.1, 0.15) is 11.3 Å². The molecule has 28 heavy (non-hydrogen) atoms. The predicted octanol–water partition coefficient (Wildman–Crippen LogP) is 3.67. The van der Waals surface area contributed by atoms with Gasteiger partial charge < -0.3 is 21.0 Å². The van der Waals surface area contributed by atoms with Gasteiger partial charge in [-0.1, -0.05) is 36.4 Å². The zero-order chi connectivity index (χ0) is 20.0. The highest BCUT2D eigenvalue weighted by Crippen LogP contribution is 2.38. The van der Waals surface area contributed by atoms with Crippen molar-refractivity contribution < 1.29 is 9.90 Å². The van der Waals surface area contributed by atoms with Gasteiger partial charge in [0.2, 0.25) is 0 Å². The molecule has 5 N–H and O–H groups in total. The van der Waals surface area contributed by atoms with E-state index in [1.807, 2.05) is 62.6 Å². The number of imidazole rings is 1. The zero-order valence-electron chi connectivity index (χ0n) is 15.6. The minimum absolute atomic E-state index is 0.163. The lowest BCUT2D eigenvalue weighted by Crippen LogP contribution is -2.16. The Hall–Kier alpha value is -3.80. The van der Waals surface area contributed by atoms with Crippen molar-refractivity contribution in [3.8, 4) is 28.1 Å². The molecule has 0 radical (unpaired) electrons. The number of phenols is 1. The maximum atomic E-state index is 12.2. The number of nitrogen functional groups attached to an aromatic ring is 1. The number of aromatic hydroxyl groups is 1. The van der Waals surface area contributed by atoms with Crippen LogP contribution < -0.4 is 11.5 Å². The van der Waals surface area contributed by atoms with Gasteiger partial charge in [-0.25, -0.2) is 4.98 Å². The molecule has 140 valence electrons. The van der Waals surface area contributed by atoms with Gasteiger partial charge in [-0.3, -0.25) is 4.79 Å². The summed E-state index contributed by atoms with van der Waals surface area (Å²) in [7, 11) is 0. The molecule has 0 saturated heterocycles. The lowest BCUT2D eigenvalue weighted by Gasteiger charge is -2.16. The second-order valence-corrected chi connectivity index (χ2v) is 6.82. The topological polar surface area (TPSA) is 107 Å². The number of benzene rings is 2. The summed E-state index contributed by atoms with van der Waals surface area (Å²) < 4.78 is 1.76. The highest BCUT2D eigenvalue weighted by atomic mass is 16.3. The second kappa shape index (κ2) is 6.42. The standard InChI is InChI=1S/C22H20N4O2/c1-12-8-9-17(27)13(2)18(12)15-10-26-11-16(14-6-4-3-5-7-14)25-22(26)19(20(15)23)21(24)28/h3-11,27H,23H2,1-2H3,(H2,24,28). The molecule has 2 heterocycles. The number of phenolic OH excluding ortho intramolecular Hbond substituents is 1. The Kier molecular flexibility index (Phi) is 4.04. The number of nitrogens with two attached hydrogens (primary N) is 2. The Labute approximate surface area is 162 Å². The molecule has 0 aliphatic carbocycles. The first kappa shape index (κ1) is 17.6. The summed E-state index contributed by atoms with van der Waals surface area (Å²) >= 11 is 0. The van der Waals surface area contributed by atoms with E-state index in [2.05, 4.69) is 4.98 Å².